The Morgan fingerprint density at radius 2 is 1.15 bits per heavy atom. The van der Waals surface area contributed by atoms with Crippen LogP contribution in [-0.2, 0) is 0 Å². The van der Waals surface area contributed by atoms with E-state index in [0.29, 0.717) is 0 Å². The van der Waals surface area contributed by atoms with E-state index >= 15 is 0 Å². The Morgan fingerprint density at radius 1 is 0.435 bits per heavy atom. The first-order valence-corrected chi connectivity index (χ1v) is 17.1. The van der Waals surface area contributed by atoms with Gasteiger partial charge in [-0.15, -0.1) is 22.7 Å². The van der Waals surface area contributed by atoms with Crippen LogP contribution in [0.4, 0.5) is 0 Å². The zero-order valence-corrected chi connectivity index (χ0v) is 26.1. The Labute approximate surface area is 270 Å². The summed E-state index contributed by atoms with van der Waals surface area (Å²) in [4.78, 5) is 0. The summed E-state index contributed by atoms with van der Waals surface area (Å²) in [5, 5.41) is 10.2. The monoisotopic (exact) mass is 621 g/mol. The van der Waals surface area contributed by atoms with Gasteiger partial charge in [0.05, 0.1) is 11.0 Å². The van der Waals surface area contributed by atoms with Crippen LogP contribution in [0, 0.1) is 0 Å². The number of aromatic nitrogens is 1. The average Bonchev–Trinajstić information content (AvgIpc) is 3.86. The van der Waals surface area contributed by atoms with Crippen molar-refractivity contribution in [3.63, 3.8) is 0 Å². The lowest BCUT2D eigenvalue weighted by molar-refractivity contribution is 0.670. The van der Waals surface area contributed by atoms with Gasteiger partial charge in [-0.2, -0.15) is 0 Å². The lowest BCUT2D eigenvalue weighted by Gasteiger charge is -2.08. The summed E-state index contributed by atoms with van der Waals surface area (Å²) in [5.41, 5.74) is 7.77. The highest BCUT2D eigenvalue weighted by Crippen LogP contribution is 2.46. The molecule has 11 rings (SSSR count). The Bertz CT molecular complexity index is 3040. The highest BCUT2D eigenvalue weighted by molar-refractivity contribution is 7.26. The van der Waals surface area contributed by atoms with Crippen molar-refractivity contribution in [2.75, 3.05) is 0 Å². The van der Waals surface area contributed by atoms with Crippen LogP contribution >= 0.6 is 22.7 Å². The van der Waals surface area contributed by atoms with Crippen LogP contribution in [-0.4, -0.2) is 4.57 Å². The second kappa shape index (κ2) is 9.07. The van der Waals surface area contributed by atoms with E-state index in [1.807, 2.05) is 22.7 Å². The zero-order valence-electron chi connectivity index (χ0n) is 24.5. The first-order chi connectivity index (χ1) is 22.8. The molecular formula is C42H23NOS2. The summed E-state index contributed by atoms with van der Waals surface area (Å²) in [6.45, 7) is 0. The number of para-hydroxylation sites is 2. The molecule has 0 aliphatic rings. The summed E-state index contributed by atoms with van der Waals surface area (Å²) in [6.07, 6.45) is 0. The Kier molecular flexibility index (Phi) is 4.90. The number of hydrogen-bond acceptors (Lipinski definition) is 3. The van der Waals surface area contributed by atoms with E-state index in [9.17, 15) is 0 Å². The smallest absolute Gasteiger partial charge is 0.143 e. The molecule has 0 bridgehead atoms. The van der Waals surface area contributed by atoms with Crippen LogP contribution in [0.15, 0.2) is 144 Å². The summed E-state index contributed by atoms with van der Waals surface area (Å²) >= 11 is 3.73. The predicted octanol–water partition coefficient (Wildman–Crippen LogP) is 13.1. The van der Waals surface area contributed by atoms with E-state index in [4.69, 9.17) is 4.42 Å². The van der Waals surface area contributed by atoms with Gasteiger partial charge in [-0.25, -0.2) is 0 Å². The van der Waals surface area contributed by atoms with Crippen molar-refractivity contribution in [2.24, 2.45) is 0 Å². The van der Waals surface area contributed by atoms with Crippen molar-refractivity contribution in [2.45, 2.75) is 0 Å². The van der Waals surface area contributed by atoms with Gasteiger partial charge in [-0.1, -0.05) is 91.0 Å². The number of benzene rings is 7. The molecule has 4 aromatic heterocycles. The number of nitrogens with zero attached hydrogens (tertiary/aromatic N) is 1. The number of rotatable bonds is 2. The molecular weight excluding hydrogens is 599 g/mol. The average molecular weight is 622 g/mol. The minimum Gasteiger partial charge on any atom is -0.455 e. The van der Waals surface area contributed by atoms with Gasteiger partial charge < -0.3 is 8.98 Å². The number of furan rings is 1. The Hall–Kier alpha value is -5.42. The third kappa shape index (κ3) is 3.24. The minimum absolute atomic E-state index is 0.904. The quantitative estimate of drug-likeness (QED) is 0.188. The molecule has 2 nitrogen and oxygen atoms in total. The molecule has 0 saturated heterocycles. The van der Waals surface area contributed by atoms with E-state index < -0.39 is 0 Å². The van der Waals surface area contributed by atoms with Gasteiger partial charge in [0, 0.05) is 78.7 Å². The van der Waals surface area contributed by atoms with Gasteiger partial charge in [-0.3, -0.25) is 0 Å². The summed E-state index contributed by atoms with van der Waals surface area (Å²) in [6, 6.07) is 50.8. The molecule has 0 atom stereocenters. The van der Waals surface area contributed by atoms with E-state index in [2.05, 4.69) is 144 Å². The standard InChI is InChI=1S/C42H23NOS2/c1-4-16-33-30(10-1)39-34(20-22-38-40(39)31-11-3-6-18-37(31)45-38)43(33)24-19-21-35-32(23-24)27-13-7-12-26(41(27)44-35)29-15-8-14-28-25-9-2-5-17-36(25)46-42(28)29/h1-23H. The van der Waals surface area contributed by atoms with Crippen molar-refractivity contribution >= 4 is 107 Å². The van der Waals surface area contributed by atoms with Crippen LogP contribution in [0.2, 0.25) is 0 Å². The maximum Gasteiger partial charge on any atom is 0.143 e. The molecule has 4 heteroatoms. The topological polar surface area (TPSA) is 18.1 Å². The fourth-order valence-corrected chi connectivity index (χ4v) is 9.99. The fourth-order valence-electron chi connectivity index (χ4n) is 7.65. The zero-order chi connectivity index (χ0) is 29.9. The molecule has 0 saturated carbocycles. The van der Waals surface area contributed by atoms with Gasteiger partial charge >= 0.3 is 0 Å². The van der Waals surface area contributed by atoms with Crippen molar-refractivity contribution in [1.29, 1.82) is 0 Å². The molecule has 0 aliphatic carbocycles. The van der Waals surface area contributed by atoms with Crippen molar-refractivity contribution in [3.8, 4) is 16.8 Å². The van der Waals surface area contributed by atoms with Crippen LogP contribution in [0.5, 0.6) is 0 Å². The largest absolute Gasteiger partial charge is 0.455 e. The van der Waals surface area contributed by atoms with Crippen molar-refractivity contribution < 1.29 is 4.42 Å². The normalized spacial score (nSPS) is 12.3. The molecule has 0 spiro atoms. The molecule has 7 aromatic carbocycles. The molecule has 4 heterocycles. The van der Waals surface area contributed by atoms with Crippen LogP contribution in [0.1, 0.15) is 0 Å². The van der Waals surface area contributed by atoms with E-state index in [1.54, 1.807) is 0 Å². The second-order valence-electron chi connectivity index (χ2n) is 12.0. The number of thiophene rings is 2. The van der Waals surface area contributed by atoms with E-state index in [1.165, 1.54) is 67.7 Å². The van der Waals surface area contributed by atoms with Gasteiger partial charge in [-0.05, 0) is 48.5 Å². The maximum atomic E-state index is 6.70. The van der Waals surface area contributed by atoms with Gasteiger partial charge in [0.2, 0.25) is 0 Å². The van der Waals surface area contributed by atoms with Crippen LogP contribution in [0.25, 0.3) is 101 Å². The predicted molar refractivity (Wildman–Crippen MR) is 199 cm³/mol. The highest BCUT2D eigenvalue weighted by atomic mass is 32.1. The molecule has 0 unspecified atom stereocenters. The summed E-state index contributed by atoms with van der Waals surface area (Å²) in [5.74, 6) is 0. The van der Waals surface area contributed by atoms with Gasteiger partial charge in [0.1, 0.15) is 11.2 Å². The molecule has 0 radical (unpaired) electrons. The molecule has 11 aromatic rings. The third-order valence-corrected chi connectivity index (χ3v) is 12.0. The second-order valence-corrected chi connectivity index (χ2v) is 14.2. The van der Waals surface area contributed by atoms with E-state index in [0.717, 1.165) is 33.2 Å². The van der Waals surface area contributed by atoms with Crippen LogP contribution < -0.4 is 0 Å². The molecule has 214 valence electrons. The summed E-state index contributed by atoms with van der Waals surface area (Å²) in [7, 11) is 0. The maximum absolute atomic E-state index is 6.70. The number of hydrogen-bond donors (Lipinski definition) is 0. The molecule has 0 N–H and O–H groups in total. The van der Waals surface area contributed by atoms with Gasteiger partial charge in [0.15, 0.2) is 0 Å². The molecule has 0 fully saturated rings. The first-order valence-electron chi connectivity index (χ1n) is 15.5. The third-order valence-electron chi connectivity index (χ3n) is 9.61. The molecule has 46 heavy (non-hydrogen) atoms. The SMILES string of the molecule is c1ccc2c(c1)sc1c(-c3cccc4c3oc3ccc(-n5c6ccccc6c6c7c(ccc65)sc5ccccc57)cc34)cccc12. The van der Waals surface area contributed by atoms with Crippen molar-refractivity contribution in [1.82, 2.24) is 4.57 Å². The minimum atomic E-state index is 0.904. The van der Waals surface area contributed by atoms with Crippen molar-refractivity contribution in [3.05, 3.63) is 140 Å². The van der Waals surface area contributed by atoms with Gasteiger partial charge in [0.25, 0.3) is 0 Å². The fraction of sp³-hybridized carbons (Fsp3) is 0. The number of fused-ring (bicyclic) bond motifs is 13. The highest BCUT2D eigenvalue weighted by Gasteiger charge is 2.20. The Balaban J connectivity index is 1.18. The first kappa shape index (κ1) is 24.8. The van der Waals surface area contributed by atoms with E-state index in [-0.39, 0.29) is 0 Å². The molecule has 0 aliphatic heterocycles. The lowest BCUT2D eigenvalue weighted by atomic mass is 10.00. The van der Waals surface area contributed by atoms with Crippen LogP contribution in [0.3, 0.4) is 0 Å². The summed E-state index contributed by atoms with van der Waals surface area (Å²) < 4.78 is 14.4. The lowest BCUT2D eigenvalue weighted by Crippen LogP contribution is -1.93. The molecule has 0 amide bonds. The Morgan fingerprint density at radius 3 is 2.04 bits per heavy atom.